The molecule has 20 heavy (non-hydrogen) atoms. The van der Waals surface area contributed by atoms with Crippen molar-refractivity contribution in [2.45, 2.75) is 30.8 Å². The second-order valence-electron chi connectivity index (χ2n) is 5.34. The minimum atomic E-state index is -3.44. The molecule has 0 radical (unpaired) electrons. The van der Waals surface area contributed by atoms with Gasteiger partial charge in [0.15, 0.2) is 0 Å². The van der Waals surface area contributed by atoms with Gasteiger partial charge in [0.1, 0.15) is 0 Å². The van der Waals surface area contributed by atoms with Gasteiger partial charge in [-0.3, -0.25) is 0 Å². The molecule has 1 heterocycles. The van der Waals surface area contributed by atoms with Crippen LogP contribution in [0.15, 0.2) is 30.3 Å². The molecule has 5 nitrogen and oxygen atoms in total. The zero-order valence-corrected chi connectivity index (χ0v) is 12.3. The molecule has 1 aromatic carbocycles. The second kappa shape index (κ2) is 6.22. The fourth-order valence-electron chi connectivity index (χ4n) is 3.11. The first-order valence-corrected chi connectivity index (χ1v) is 8.57. The first-order valence-electron chi connectivity index (χ1n) is 6.72. The van der Waals surface area contributed by atoms with Crippen molar-refractivity contribution >= 4 is 10.0 Å². The maximum Gasteiger partial charge on any atom is 0.211 e. The standard InChI is InChI=1S/C14H21NO4S/c1-20(18,19)15-13(9-16)7-12(8-14(15)10-17)11-5-3-2-4-6-11/h2-6,12-14,16-17H,7-10H2,1H3. The fraction of sp³-hybridized carbons (Fsp3) is 0.571. The van der Waals surface area contributed by atoms with Crippen molar-refractivity contribution in [1.82, 2.24) is 4.31 Å². The molecule has 1 aromatic rings. The summed E-state index contributed by atoms with van der Waals surface area (Å²) in [6, 6.07) is 8.89. The molecule has 1 saturated heterocycles. The van der Waals surface area contributed by atoms with Crippen LogP contribution in [0.1, 0.15) is 24.3 Å². The largest absolute Gasteiger partial charge is 0.395 e. The van der Waals surface area contributed by atoms with Crippen molar-refractivity contribution in [2.24, 2.45) is 0 Å². The average Bonchev–Trinajstić information content (AvgIpc) is 2.45. The van der Waals surface area contributed by atoms with Crippen LogP contribution in [-0.4, -0.2) is 54.5 Å². The lowest BCUT2D eigenvalue weighted by Crippen LogP contribution is -2.54. The van der Waals surface area contributed by atoms with Crippen LogP contribution in [0.4, 0.5) is 0 Å². The zero-order valence-electron chi connectivity index (χ0n) is 11.5. The molecule has 2 N–H and O–H groups in total. The third-order valence-electron chi connectivity index (χ3n) is 3.91. The van der Waals surface area contributed by atoms with Crippen molar-refractivity contribution in [3.05, 3.63) is 35.9 Å². The third-order valence-corrected chi connectivity index (χ3v) is 5.27. The third kappa shape index (κ3) is 3.20. The number of nitrogens with zero attached hydrogens (tertiary/aromatic N) is 1. The Morgan fingerprint density at radius 1 is 1.10 bits per heavy atom. The lowest BCUT2D eigenvalue weighted by atomic mass is 9.83. The molecule has 1 fully saturated rings. The lowest BCUT2D eigenvalue weighted by Gasteiger charge is -2.42. The molecule has 6 heteroatoms. The van der Waals surface area contributed by atoms with Crippen molar-refractivity contribution in [2.75, 3.05) is 19.5 Å². The normalized spacial score (nSPS) is 28.4. The van der Waals surface area contributed by atoms with E-state index in [1.165, 1.54) is 4.31 Å². The molecule has 2 rings (SSSR count). The summed E-state index contributed by atoms with van der Waals surface area (Å²) in [6.45, 7) is -0.459. The molecule has 2 atom stereocenters. The highest BCUT2D eigenvalue weighted by atomic mass is 32.2. The van der Waals surface area contributed by atoms with Gasteiger partial charge in [0.05, 0.1) is 19.5 Å². The van der Waals surface area contributed by atoms with Gasteiger partial charge in [-0.1, -0.05) is 30.3 Å². The van der Waals surface area contributed by atoms with Crippen molar-refractivity contribution in [3.8, 4) is 0 Å². The maximum absolute atomic E-state index is 11.9. The van der Waals surface area contributed by atoms with E-state index >= 15 is 0 Å². The summed E-state index contributed by atoms with van der Waals surface area (Å²) >= 11 is 0. The molecule has 112 valence electrons. The van der Waals surface area contributed by atoms with E-state index in [0.717, 1.165) is 11.8 Å². The van der Waals surface area contributed by atoms with Gasteiger partial charge in [-0.2, -0.15) is 4.31 Å². The van der Waals surface area contributed by atoms with E-state index in [0.29, 0.717) is 12.8 Å². The Labute approximate surface area is 119 Å². The van der Waals surface area contributed by atoms with Crippen LogP contribution in [-0.2, 0) is 10.0 Å². The Bertz CT molecular complexity index is 517. The minimum absolute atomic E-state index is 0.156. The molecule has 1 aliphatic rings. The molecule has 0 saturated carbocycles. The number of aliphatic hydroxyl groups is 2. The van der Waals surface area contributed by atoms with Gasteiger partial charge in [0.2, 0.25) is 10.0 Å². The summed E-state index contributed by atoms with van der Waals surface area (Å²) in [5.41, 5.74) is 1.12. The summed E-state index contributed by atoms with van der Waals surface area (Å²) < 4.78 is 25.0. The van der Waals surface area contributed by atoms with Crippen LogP contribution in [0.2, 0.25) is 0 Å². The monoisotopic (exact) mass is 299 g/mol. The van der Waals surface area contributed by atoms with Crippen molar-refractivity contribution < 1.29 is 18.6 Å². The van der Waals surface area contributed by atoms with Gasteiger partial charge in [0.25, 0.3) is 0 Å². The van der Waals surface area contributed by atoms with E-state index < -0.39 is 22.1 Å². The minimum Gasteiger partial charge on any atom is -0.395 e. The van der Waals surface area contributed by atoms with Crippen LogP contribution >= 0.6 is 0 Å². The molecule has 1 aliphatic heterocycles. The smallest absolute Gasteiger partial charge is 0.211 e. The van der Waals surface area contributed by atoms with Gasteiger partial charge in [-0.05, 0) is 24.3 Å². The van der Waals surface area contributed by atoms with Crippen LogP contribution in [0.3, 0.4) is 0 Å². The Morgan fingerprint density at radius 3 is 2.00 bits per heavy atom. The summed E-state index contributed by atoms with van der Waals surface area (Å²) in [5.74, 6) is 0.156. The molecular formula is C14H21NO4S. The van der Waals surface area contributed by atoms with Gasteiger partial charge in [-0.15, -0.1) is 0 Å². The predicted molar refractivity (Wildman–Crippen MR) is 76.8 cm³/mol. The zero-order chi connectivity index (χ0) is 14.8. The topological polar surface area (TPSA) is 77.8 Å². The van der Waals surface area contributed by atoms with Gasteiger partial charge < -0.3 is 10.2 Å². The molecule has 2 unspecified atom stereocenters. The van der Waals surface area contributed by atoms with Gasteiger partial charge in [0, 0.05) is 12.1 Å². The number of aliphatic hydroxyl groups excluding tert-OH is 2. The van der Waals surface area contributed by atoms with Gasteiger partial charge in [-0.25, -0.2) is 8.42 Å². The number of rotatable bonds is 4. The first kappa shape index (κ1) is 15.4. The van der Waals surface area contributed by atoms with E-state index in [4.69, 9.17) is 0 Å². The van der Waals surface area contributed by atoms with Crippen LogP contribution < -0.4 is 0 Å². The summed E-state index contributed by atoms with van der Waals surface area (Å²) in [4.78, 5) is 0. The molecule has 0 aliphatic carbocycles. The van der Waals surface area contributed by atoms with Crippen LogP contribution in [0.25, 0.3) is 0 Å². The number of hydrogen-bond acceptors (Lipinski definition) is 4. The number of sulfonamides is 1. The molecule has 0 spiro atoms. The van der Waals surface area contributed by atoms with Crippen LogP contribution in [0, 0.1) is 0 Å². The molecule has 0 aromatic heterocycles. The van der Waals surface area contributed by atoms with E-state index in [2.05, 4.69) is 0 Å². The van der Waals surface area contributed by atoms with E-state index in [9.17, 15) is 18.6 Å². The number of hydrogen-bond donors (Lipinski definition) is 2. The Balaban J connectivity index is 2.28. The molecular weight excluding hydrogens is 278 g/mol. The Hall–Kier alpha value is -0.950. The highest BCUT2D eigenvalue weighted by Gasteiger charge is 2.40. The Kier molecular flexibility index (Phi) is 4.80. The van der Waals surface area contributed by atoms with Crippen molar-refractivity contribution in [1.29, 1.82) is 0 Å². The molecule has 0 bridgehead atoms. The van der Waals surface area contributed by atoms with E-state index in [1.54, 1.807) is 0 Å². The Morgan fingerprint density at radius 2 is 1.60 bits per heavy atom. The number of piperidine rings is 1. The van der Waals surface area contributed by atoms with Crippen LogP contribution in [0.5, 0.6) is 0 Å². The summed E-state index contributed by atoms with van der Waals surface area (Å²) in [6.07, 6.45) is 2.27. The number of benzene rings is 1. The summed E-state index contributed by atoms with van der Waals surface area (Å²) in [5, 5.41) is 19.0. The molecule has 0 amide bonds. The predicted octanol–water partition coefficient (Wildman–Crippen LogP) is 0.547. The highest BCUT2D eigenvalue weighted by molar-refractivity contribution is 7.88. The average molecular weight is 299 g/mol. The fourth-order valence-corrected chi connectivity index (χ4v) is 4.50. The lowest BCUT2D eigenvalue weighted by molar-refractivity contribution is 0.0720. The SMILES string of the molecule is CS(=O)(=O)N1C(CO)CC(c2ccccc2)CC1CO. The van der Waals surface area contributed by atoms with Crippen molar-refractivity contribution in [3.63, 3.8) is 0 Å². The maximum atomic E-state index is 11.9. The summed E-state index contributed by atoms with van der Waals surface area (Å²) in [7, 11) is -3.44. The van der Waals surface area contributed by atoms with E-state index in [1.807, 2.05) is 30.3 Å². The highest BCUT2D eigenvalue weighted by Crippen LogP contribution is 2.36. The second-order valence-corrected chi connectivity index (χ2v) is 7.23. The quantitative estimate of drug-likeness (QED) is 0.851. The van der Waals surface area contributed by atoms with E-state index in [-0.39, 0.29) is 19.1 Å². The first-order chi connectivity index (χ1) is 9.47. The van der Waals surface area contributed by atoms with Gasteiger partial charge >= 0.3 is 0 Å².